The van der Waals surface area contributed by atoms with Gasteiger partial charge < -0.3 is 10.2 Å². The molecule has 0 amide bonds. The van der Waals surface area contributed by atoms with Gasteiger partial charge in [-0.25, -0.2) is 0 Å². The highest BCUT2D eigenvalue weighted by Gasteiger charge is 2.09. The van der Waals surface area contributed by atoms with Crippen LogP contribution in [0.15, 0.2) is 60.7 Å². The van der Waals surface area contributed by atoms with E-state index in [2.05, 4.69) is 15.6 Å². The molecular weight excluding hydrogens is 292 g/mol. The van der Waals surface area contributed by atoms with Gasteiger partial charge in [0.2, 0.25) is 0 Å². The standard InChI is InChI=1S/C17H22N4S/c1-20(2)14-13-18-17(22)19-21(15-9-5-3-6-10-15)16-11-7-4-8-12-16/h3-12H,13-14H2,1-2H3,(H2,18,19,22). The van der Waals surface area contributed by atoms with Gasteiger partial charge in [0.05, 0.1) is 11.4 Å². The minimum absolute atomic E-state index is 0.606. The van der Waals surface area contributed by atoms with E-state index >= 15 is 0 Å². The van der Waals surface area contributed by atoms with Gasteiger partial charge in [-0.3, -0.25) is 10.4 Å². The van der Waals surface area contributed by atoms with Crippen molar-refractivity contribution in [3.8, 4) is 0 Å². The van der Waals surface area contributed by atoms with E-state index in [9.17, 15) is 0 Å². The Morgan fingerprint density at radius 3 is 1.86 bits per heavy atom. The lowest BCUT2D eigenvalue weighted by atomic mass is 10.2. The number of nitrogens with one attached hydrogen (secondary N) is 2. The van der Waals surface area contributed by atoms with Gasteiger partial charge in [0, 0.05) is 13.1 Å². The molecule has 0 atom stereocenters. The minimum Gasteiger partial charge on any atom is -0.360 e. The third kappa shape index (κ3) is 5.02. The van der Waals surface area contributed by atoms with Crippen molar-refractivity contribution in [2.45, 2.75) is 0 Å². The molecule has 0 spiro atoms. The lowest BCUT2D eigenvalue weighted by Crippen LogP contribution is -2.46. The molecule has 0 fully saturated rings. The topological polar surface area (TPSA) is 30.5 Å². The number of benzene rings is 2. The molecular formula is C17H22N4S. The normalized spacial score (nSPS) is 10.3. The molecule has 0 unspecified atom stereocenters. The highest BCUT2D eigenvalue weighted by atomic mass is 32.1. The molecule has 2 rings (SSSR count). The summed E-state index contributed by atoms with van der Waals surface area (Å²) < 4.78 is 0. The molecule has 0 radical (unpaired) electrons. The van der Waals surface area contributed by atoms with Crippen LogP contribution >= 0.6 is 12.2 Å². The molecule has 0 bridgehead atoms. The van der Waals surface area contributed by atoms with Crippen LogP contribution in [-0.2, 0) is 0 Å². The van der Waals surface area contributed by atoms with Crippen molar-refractivity contribution < 1.29 is 0 Å². The van der Waals surface area contributed by atoms with E-state index in [1.165, 1.54) is 0 Å². The largest absolute Gasteiger partial charge is 0.360 e. The third-order valence-electron chi connectivity index (χ3n) is 3.09. The number of nitrogens with zero attached hydrogens (tertiary/aromatic N) is 2. The molecule has 0 aliphatic rings. The van der Waals surface area contributed by atoms with Crippen LogP contribution in [0, 0.1) is 0 Å². The quantitative estimate of drug-likeness (QED) is 0.632. The summed E-state index contributed by atoms with van der Waals surface area (Å²) in [4.78, 5) is 2.11. The number of likely N-dealkylation sites (N-methyl/N-ethyl adjacent to an activating group) is 1. The van der Waals surface area contributed by atoms with Crippen LogP contribution in [0.3, 0.4) is 0 Å². The monoisotopic (exact) mass is 314 g/mol. The predicted molar refractivity (Wildman–Crippen MR) is 97.3 cm³/mol. The molecule has 2 aromatic carbocycles. The van der Waals surface area contributed by atoms with Crippen LogP contribution in [-0.4, -0.2) is 37.2 Å². The lowest BCUT2D eigenvalue weighted by Gasteiger charge is -2.27. The molecule has 0 heterocycles. The fraction of sp³-hybridized carbons (Fsp3) is 0.235. The summed E-state index contributed by atoms with van der Waals surface area (Å²) in [6.07, 6.45) is 0. The Balaban J connectivity index is 2.08. The smallest absolute Gasteiger partial charge is 0.185 e. The molecule has 0 aliphatic heterocycles. The summed E-state index contributed by atoms with van der Waals surface area (Å²) >= 11 is 5.40. The molecule has 5 heteroatoms. The van der Waals surface area contributed by atoms with E-state index in [4.69, 9.17) is 12.2 Å². The maximum Gasteiger partial charge on any atom is 0.185 e. The first-order valence-electron chi connectivity index (χ1n) is 7.26. The molecule has 0 saturated heterocycles. The second-order valence-corrected chi connectivity index (χ2v) is 5.59. The van der Waals surface area contributed by atoms with E-state index in [1.54, 1.807) is 0 Å². The van der Waals surface area contributed by atoms with Crippen LogP contribution in [0.2, 0.25) is 0 Å². The highest BCUT2D eigenvalue weighted by molar-refractivity contribution is 7.80. The van der Waals surface area contributed by atoms with E-state index in [1.807, 2.05) is 79.8 Å². The first-order valence-corrected chi connectivity index (χ1v) is 7.67. The van der Waals surface area contributed by atoms with Gasteiger partial charge in [0.15, 0.2) is 5.11 Å². The second-order valence-electron chi connectivity index (χ2n) is 5.18. The second kappa shape index (κ2) is 8.36. The number of anilines is 2. The van der Waals surface area contributed by atoms with Crippen molar-refractivity contribution in [3.05, 3.63) is 60.7 Å². The highest BCUT2D eigenvalue weighted by Crippen LogP contribution is 2.22. The van der Waals surface area contributed by atoms with Gasteiger partial charge in [-0.2, -0.15) is 0 Å². The van der Waals surface area contributed by atoms with Gasteiger partial charge in [-0.1, -0.05) is 36.4 Å². The molecule has 116 valence electrons. The minimum atomic E-state index is 0.606. The molecule has 2 aromatic rings. The fourth-order valence-electron chi connectivity index (χ4n) is 1.97. The summed E-state index contributed by atoms with van der Waals surface area (Å²) in [6.45, 7) is 1.73. The first-order chi connectivity index (χ1) is 10.7. The first kappa shape index (κ1) is 16.3. The van der Waals surface area contributed by atoms with E-state index in [0.717, 1.165) is 24.5 Å². The van der Waals surface area contributed by atoms with Crippen molar-refractivity contribution in [1.82, 2.24) is 15.6 Å². The number of hydrogen-bond acceptors (Lipinski definition) is 3. The summed E-state index contributed by atoms with van der Waals surface area (Å²) in [6, 6.07) is 20.2. The van der Waals surface area contributed by atoms with Crippen molar-refractivity contribution in [2.75, 3.05) is 32.2 Å². The van der Waals surface area contributed by atoms with Crippen molar-refractivity contribution >= 4 is 28.7 Å². The Bertz CT molecular complexity index is 532. The van der Waals surface area contributed by atoms with E-state index in [-0.39, 0.29) is 0 Å². The Kier molecular flexibility index (Phi) is 6.18. The molecule has 0 saturated carbocycles. The van der Waals surface area contributed by atoms with Crippen LogP contribution in [0.4, 0.5) is 11.4 Å². The Hall–Kier alpha value is -2.11. The van der Waals surface area contributed by atoms with Crippen molar-refractivity contribution in [3.63, 3.8) is 0 Å². The average Bonchev–Trinajstić information content (AvgIpc) is 2.54. The average molecular weight is 314 g/mol. The number of para-hydroxylation sites is 2. The molecule has 0 aromatic heterocycles. The molecule has 22 heavy (non-hydrogen) atoms. The summed E-state index contributed by atoms with van der Waals surface area (Å²) in [5.74, 6) is 0. The number of hydrogen-bond donors (Lipinski definition) is 2. The van der Waals surface area contributed by atoms with Crippen molar-refractivity contribution in [2.24, 2.45) is 0 Å². The maximum atomic E-state index is 5.40. The van der Waals surface area contributed by atoms with E-state index in [0.29, 0.717) is 5.11 Å². The number of rotatable bonds is 6. The zero-order valence-electron chi connectivity index (χ0n) is 13.0. The van der Waals surface area contributed by atoms with Crippen molar-refractivity contribution in [1.29, 1.82) is 0 Å². The summed E-state index contributed by atoms with van der Waals surface area (Å²) in [7, 11) is 4.08. The van der Waals surface area contributed by atoms with Gasteiger partial charge in [0.1, 0.15) is 0 Å². The maximum absolute atomic E-state index is 5.40. The summed E-state index contributed by atoms with van der Waals surface area (Å²) in [5.41, 5.74) is 5.32. The Labute approximate surface area is 137 Å². The molecule has 2 N–H and O–H groups in total. The molecule has 0 aliphatic carbocycles. The van der Waals surface area contributed by atoms with Crippen LogP contribution in [0.25, 0.3) is 0 Å². The van der Waals surface area contributed by atoms with Gasteiger partial charge in [-0.15, -0.1) is 0 Å². The van der Waals surface area contributed by atoms with Gasteiger partial charge in [0.25, 0.3) is 0 Å². The zero-order valence-corrected chi connectivity index (χ0v) is 13.8. The Morgan fingerprint density at radius 1 is 0.909 bits per heavy atom. The Morgan fingerprint density at radius 2 is 1.41 bits per heavy atom. The third-order valence-corrected chi connectivity index (χ3v) is 3.32. The SMILES string of the molecule is CN(C)CCNC(=S)NN(c1ccccc1)c1ccccc1. The van der Waals surface area contributed by atoms with Crippen LogP contribution in [0.1, 0.15) is 0 Å². The summed E-state index contributed by atoms with van der Waals surface area (Å²) in [5, 5.41) is 5.80. The zero-order chi connectivity index (χ0) is 15.8. The van der Waals surface area contributed by atoms with Gasteiger partial charge >= 0.3 is 0 Å². The number of thiocarbonyl (C=S) groups is 1. The molecule has 4 nitrogen and oxygen atoms in total. The van der Waals surface area contributed by atoms with Crippen LogP contribution in [0.5, 0.6) is 0 Å². The number of hydrazine groups is 1. The predicted octanol–water partition coefficient (Wildman–Crippen LogP) is 2.77. The van der Waals surface area contributed by atoms with E-state index < -0.39 is 0 Å². The lowest BCUT2D eigenvalue weighted by molar-refractivity contribution is 0.412. The van der Waals surface area contributed by atoms with Crippen LogP contribution < -0.4 is 15.8 Å². The van der Waals surface area contributed by atoms with Gasteiger partial charge in [-0.05, 0) is 50.6 Å². The fourth-order valence-corrected chi connectivity index (χ4v) is 2.16.